The largest absolute Gasteiger partial charge is 0.398 e. The molecular weight excluding hydrogens is 273 g/mol. The van der Waals surface area contributed by atoms with Crippen molar-refractivity contribution in [2.45, 2.75) is 0 Å². The monoisotopic (exact) mass is 281 g/mol. The number of hydrogen-bond acceptors (Lipinski definition) is 1. The van der Waals surface area contributed by atoms with Crippen LogP contribution >= 0.6 is 27.5 Å². The molecule has 0 aliphatic carbocycles. The normalized spacial score (nSPS) is 10.3. The highest BCUT2D eigenvalue weighted by Crippen LogP contribution is 2.27. The Balaban J connectivity index is 2.45. The molecule has 0 fully saturated rings. The van der Waals surface area contributed by atoms with E-state index in [2.05, 4.69) is 15.9 Å². The van der Waals surface area contributed by atoms with Gasteiger partial charge < -0.3 is 5.73 Å². The molecule has 0 radical (unpaired) electrons. The van der Waals surface area contributed by atoms with E-state index in [1.807, 2.05) is 42.5 Å². The van der Waals surface area contributed by atoms with Gasteiger partial charge in [-0.3, -0.25) is 0 Å². The number of nitrogen functional groups attached to an aromatic ring is 1. The molecule has 0 aromatic heterocycles. The highest BCUT2D eigenvalue weighted by atomic mass is 79.9. The van der Waals surface area contributed by atoms with Crippen LogP contribution < -0.4 is 5.73 Å². The molecular formula is C12H9BrClN. The van der Waals surface area contributed by atoms with Crippen molar-refractivity contribution in [2.75, 3.05) is 5.73 Å². The number of rotatable bonds is 1. The van der Waals surface area contributed by atoms with E-state index >= 15 is 0 Å². The predicted molar refractivity (Wildman–Crippen MR) is 69.0 cm³/mol. The zero-order valence-electron chi connectivity index (χ0n) is 7.87. The highest BCUT2D eigenvalue weighted by molar-refractivity contribution is 9.10. The van der Waals surface area contributed by atoms with Gasteiger partial charge in [-0.05, 0) is 35.4 Å². The summed E-state index contributed by atoms with van der Waals surface area (Å²) in [6, 6.07) is 13.7. The van der Waals surface area contributed by atoms with Crippen molar-refractivity contribution >= 4 is 33.2 Å². The maximum Gasteiger partial charge on any atom is 0.0641 e. The molecule has 2 aromatic rings. The first-order chi connectivity index (χ1) is 7.16. The van der Waals surface area contributed by atoms with Gasteiger partial charge in [0.25, 0.3) is 0 Å². The highest BCUT2D eigenvalue weighted by Gasteiger charge is 2.00. The van der Waals surface area contributed by atoms with Crippen molar-refractivity contribution in [2.24, 2.45) is 0 Å². The van der Waals surface area contributed by atoms with Crippen molar-refractivity contribution in [3.05, 3.63) is 52.0 Å². The molecule has 3 heteroatoms. The summed E-state index contributed by atoms with van der Waals surface area (Å²) in [5, 5.41) is 0.593. The summed E-state index contributed by atoms with van der Waals surface area (Å²) in [4.78, 5) is 0. The van der Waals surface area contributed by atoms with Crippen molar-refractivity contribution in [1.29, 1.82) is 0 Å². The van der Waals surface area contributed by atoms with E-state index in [1.165, 1.54) is 0 Å². The van der Waals surface area contributed by atoms with Crippen LogP contribution in [0.15, 0.2) is 46.9 Å². The Morgan fingerprint density at radius 3 is 2.13 bits per heavy atom. The minimum absolute atomic E-state index is 0.593. The molecule has 2 N–H and O–H groups in total. The van der Waals surface area contributed by atoms with Crippen LogP contribution in [-0.2, 0) is 0 Å². The van der Waals surface area contributed by atoms with Gasteiger partial charge in [0.05, 0.1) is 10.7 Å². The van der Waals surface area contributed by atoms with E-state index in [9.17, 15) is 0 Å². The quantitative estimate of drug-likeness (QED) is 0.773. The summed E-state index contributed by atoms with van der Waals surface area (Å²) in [7, 11) is 0. The average Bonchev–Trinajstić information content (AvgIpc) is 2.23. The number of anilines is 1. The summed E-state index contributed by atoms with van der Waals surface area (Å²) in [5.74, 6) is 0. The van der Waals surface area contributed by atoms with Crippen molar-refractivity contribution < 1.29 is 0 Å². The lowest BCUT2D eigenvalue weighted by Gasteiger charge is -2.04. The van der Waals surface area contributed by atoms with Crippen LogP contribution in [0.5, 0.6) is 0 Å². The van der Waals surface area contributed by atoms with Crippen LogP contribution in [0.1, 0.15) is 0 Å². The van der Waals surface area contributed by atoms with Gasteiger partial charge in [0.2, 0.25) is 0 Å². The molecule has 2 rings (SSSR count). The first-order valence-corrected chi connectivity index (χ1v) is 5.65. The van der Waals surface area contributed by atoms with Gasteiger partial charge in [0, 0.05) is 4.47 Å². The third-order valence-corrected chi connectivity index (χ3v) is 3.03. The summed E-state index contributed by atoms with van der Waals surface area (Å²) in [6.45, 7) is 0. The lowest BCUT2D eigenvalue weighted by atomic mass is 10.1. The number of benzene rings is 2. The minimum atomic E-state index is 0.593. The van der Waals surface area contributed by atoms with Gasteiger partial charge in [-0.1, -0.05) is 45.7 Å². The second-order valence-corrected chi connectivity index (χ2v) is 4.57. The number of hydrogen-bond donors (Lipinski definition) is 1. The van der Waals surface area contributed by atoms with Gasteiger partial charge in [-0.25, -0.2) is 0 Å². The summed E-state index contributed by atoms with van der Waals surface area (Å²) in [6.07, 6.45) is 0. The lowest BCUT2D eigenvalue weighted by Crippen LogP contribution is -1.86. The molecule has 0 amide bonds. The summed E-state index contributed by atoms with van der Waals surface area (Å²) >= 11 is 9.36. The van der Waals surface area contributed by atoms with E-state index in [0.29, 0.717) is 10.7 Å². The topological polar surface area (TPSA) is 26.0 Å². The van der Waals surface area contributed by atoms with Gasteiger partial charge in [0.1, 0.15) is 0 Å². The predicted octanol–water partition coefficient (Wildman–Crippen LogP) is 4.35. The molecule has 0 saturated heterocycles. The van der Waals surface area contributed by atoms with Gasteiger partial charge in [-0.15, -0.1) is 0 Å². The maximum absolute atomic E-state index is 5.96. The lowest BCUT2D eigenvalue weighted by molar-refractivity contribution is 1.59. The molecule has 0 saturated carbocycles. The van der Waals surface area contributed by atoms with Crippen LogP contribution in [0.2, 0.25) is 5.02 Å². The molecule has 15 heavy (non-hydrogen) atoms. The minimum Gasteiger partial charge on any atom is -0.398 e. The molecule has 0 bridgehead atoms. The zero-order valence-corrected chi connectivity index (χ0v) is 10.2. The van der Waals surface area contributed by atoms with Gasteiger partial charge in [-0.2, -0.15) is 0 Å². The Bertz CT molecular complexity index is 479. The maximum atomic E-state index is 5.96. The fourth-order valence-corrected chi connectivity index (χ4v) is 1.79. The molecule has 1 nitrogen and oxygen atoms in total. The number of nitrogens with two attached hydrogens (primary N) is 1. The van der Waals surface area contributed by atoms with Crippen LogP contribution in [0, 0.1) is 0 Å². The van der Waals surface area contributed by atoms with Crippen LogP contribution in [0.25, 0.3) is 11.1 Å². The molecule has 0 aliphatic rings. The van der Waals surface area contributed by atoms with Crippen molar-refractivity contribution in [3.63, 3.8) is 0 Å². The molecule has 2 aromatic carbocycles. The van der Waals surface area contributed by atoms with Crippen LogP contribution in [0.3, 0.4) is 0 Å². The SMILES string of the molecule is Nc1ccc(-c2ccc(Br)cc2)cc1Cl. The van der Waals surface area contributed by atoms with Gasteiger partial charge in [0.15, 0.2) is 0 Å². The van der Waals surface area contributed by atoms with E-state index in [0.717, 1.165) is 15.6 Å². The van der Waals surface area contributed by atoms with E-state index in [-0.39, 0.29) is 0 Å². The molecule has 0 spiro atoms. The Labute approximate surface area is 102 Å². The Hall–Kier alpha value is -0.990. The smallest absolute Gasteiger partial charge is 0.0641 e. The number of halogens is 2. The zero-order chi connectivity index (χ0) is 10.8. The Morgan fingerprint density at radius 2 is 1.53 bits per heavy atom. The first kappa shape index (κ1) is 10.5. The van der Waals surface area contributed by atoms with Gasteiger partial charge >= 0.3 is 0 Å². The molecule has 0 aliphatic heterocycles. The Morgan fingerprint density at radius 1 is 0.933 bits per heavy atom. The fraction of sp³-hybridized carbons (Fsp3) is 0. The second kappa shape index (κ2) is 4.25. The standard InChI is InChI=1S/C12H9BrClN/c13-10-4-1-8(2-5-10)9-3-6-12(15)11(14)7-9/h1-7H,15H2. The molecule has 0 atom stereocenters. The van der Waals surface area contributed by atoms with Crippen LogP contribution in [-0.4, -0.2) is 0 Å². The first-order valence-electron chi connectivity index (χ1n) is 4.48. The third-order valence-electron chi connectivity index (χ3n) is 2.18. The second-order valence-electron chi connectivity index (χ2n) is 3.24. The van der Waals surface area contributed by atoms with Crippen molar-refractivity contribution in [1.82, 2.24) is 0 Å². The summed E-state index contributed by atoms with van der Waals surface area (Å²) < 4.78 is 1.06. The van der Waals surface area contributed by atoms with Crippen molar-refractivity contribution in [3.8, 4) is 11.1 Å². The van der Waals surface area contributed by atoms with E-state index in [1.54, 1.807) is 0 Å². The molecule has 76 valence electrons. The van der Waals surface area contributed by atoms with E-state index in [4.69, 9.17) is 17.3 Å². The Kier molecular flexibility index (Phi) is 2.98. The molecule has 0 heterocycles. The fourth-order valence-electron chi connectivity index (χ4n) is 1.35. The van der Waals surface area contributed by atoms with E-state index < -0.39 is 0 Å². The molecule has 0 unspecified atom stereocenters. The average molecular weight is 283 g/mol. The summed E-state index contributed by atoms with van der Waals surface area (Å²) in [5.41, 5.74) is 8.46. The third kappa shape index (κ3) is 2.33. The van der Waals surface area contributed by atoms with Crippen LogP contribution in [0.4, 0.5) is 5.69 Å².